The first-order chi connectivity index (χ1) is 20.0. The first-order valence-electron chi connectivity index (χ1n) is 14.7. The van der Waals surface area contributed by atoms with Crippen LogP contribution in [-0.4, -0.2) is 65.3 Å². The predicted octanol–water partition coefficient (Wildman–Crippen LogP) is 3.51. The molecule has 4 rings (SSSR count). The van der Waals surface area contributed by atoms with E-state index < -0.39 is 95.2 Å². The van der Waals surface area contributed by atoms with E-state index in [2.05, 4.69) is 4.52 Å². The molecule has 11 unspecified atom stereocenters. The Balaban J connectivity index is 1.57. The number of phosphoric ester groups is 3. The van der Waals surface area contributed by atoms with Crippen LogP contribution in [0.5, 0.6) is 0 Å². The molecule has 0 aromatic heterocycles. The van der Waals surface area contributed by atoms with Crippen LogP contribution in [0, 0.1) is 46.3 Å². The highest BCUT2D eigenvalue weighted by atomic mass is 31.2. The minimum atomic E-state index is -5.33. The summed E-state index contributed by atoms with van der Waals surface area (Å²) in [5.74, 6) is -6.60. The third kappa shape index (κ3) is 7.70. The summed E-state index contributed by atoms with van der Waals surface area (Å²) in [6, 6.07) is 0. The Hall–Kier alpha value is -0.310. The van der Waals surface area contributed by atoms with Gasteiger partial charge in [-0.15, -0.1) is 0 Å². The van der Waals surface area contributed by atoms with E-state index in [4.69, 9.17) is 23.6 Å². The van der Waals surface area contributed by atoms with E-state index in [1.807, 2.05) is 20.8 Å². The minimum absolute atomic E-state index is 0.0496. The van der Waals surface area contributed by atoms with E-state index in [0.29, 0.717) is 25.7 Å². The number of alkyl halides is 1. The van der Waals surface area contributed by atoms with Crippen molar-refractivity contribution in [3.8, 4) is 0 Å². The van der Waals surface area contributed by atoms with Gasteiger partial charge in [-0.1, -0.05) is 20.8 Å². The van der Waals surface area contributed by atoms with Crippen molar-refractivity contribution in [2.75, 3.05) is 6.79 Å². The first kappa shape index (κ1) is 36.5. The third-order valence-corrected chi connectivity index (χ3v) is 12.8. The molecule has 4 aliphatic rings. The Morgan fingerprint density at radius 2 is 1.61 bits per heavy atom. The summed E-state index contributed by atoms with van der Waals surface area (Å²) in [5.41, 5.74) is -1.52. The molecule has 4 fully saturated rings. The van der Waals surface area contributed by atoms with Crippen molar-refractivity contribution in [3.63, 3.8) is 0 Å². The van der Waals surface area contributed by atoms with E-state index >= 15 is 4.39 Å². The Morgan fingerprint density at radius 3 is 2.20 bits per heavy atom. The zero-order valence-corrected chi connectivity index (χ0v) is 27.5. The van der Waals surface area contributed by atoms with Gasteiger partial charge in [0, 0.05) is 18.8 Å². The number of fused-ring (bicyclic) bond motifs is 5. The summed E-state index contributed by atoms with van der Waals surface area (Å²) in [6.45, 7) is 4.75. The molecule has 256 valence electrons. The zero-order valence-electron chi connectivity index (χ0n) is 24.8. The largest absolute Gasteiger partial charge is 0.472 e. The van der Waals surface area contributed by atoms with Crippen LogP contribution in [0.4, 0.5) is 4.39 Å². The number of carbonyl (C=O) groups is 1. The Kier molecular flexibility index (Phi) is 10.5. The average Bonchev–Trinajstić information content (AvgIpc) is 3.19. The van der Waals surface area contributed by atoms with Gasteiger partial charge in [-0.05, 0) is 85.4 Å². The maximum atomic E-state index is 17.2. The fourth-order valence-electron chi connectivity index (χ4n) is 9.44. The molecule has 0 saturated heterocycles. The molecule has 19 heteroatoms. The summed E-state index contributed by atoms with van der Waals surface area (Å²) >= 11 is 0. The monoisotopic (exact) mass is 696 g/mol. The number of hydrogen-bond acceptors (Lipinski definition) is 9. The number of ether oxygens (including phenoxy) is 1. The molecule has 0 spiro atoms. The standard InChI is InChI=1S/C25H44FO15P3/c1-14(4-7-21(28)38-13-39-42(29,30)31)17-5-6-18-22-19(11-20(27)24(17,18)3)23(2)9-8-16(40-43(32,33)34)10-15(23)12-25(22,26)41-44(35,36)37/h14-20,22,27H,4-13H2,1-3H3,(H2,29,30,31)(H2,32,33,34)(H2,35,36,37). The number of esters is 1. The van der Waals surface area contributed by atoms with E-state index in [9.17, 15) is 43.2 Å². The second-order valence-corrected chi connectivity index (χ2v) is 17.2. The van der Waals surface area contributed by atoms with Crippen LogP contribution in [0.3, 0.4) is 0 Å². The molecule has 0 amide bonds. The molecule has 4 aliphatic carbocycles. The highest BCUT2D eigenvalue weighted by Crippen LogP contribution is 2.72. The van der Waals surface area contributed by atoms with Gasteiger partial charge in [-0.25, -0.2) is 27.1 Å². The van der Waals surface area contributed by atoms with Crippen LogP contribution < -0.4 is 0 Å². The number of phosphoric acid groups is 3. The van der Waals surface area contributed by atoms with Crippen molar-refractivity contribution < 1.29 is 75.7 Å². The number of rotatable bonds is 11. The Labute approximate surface area is 254 Å². The highest BCUT2D eigenvalue weighted by molar-refractivity contribution is 7.46. The smallest absolute Gasteiger partial charge is 0.438 e. The topological polar surface area (TPSA) is 247 Å². The van der Waals surface area contributed by atoms with Gasteiger partial charge in [0.1, 0.15) is 0 Å². The van der Waals surface area contributed by atoms with Crippen LogP contribution >= 0.6 is 23.5 Å². The summed E-state index contributed by atoms with van der Waals surface area (Å²) in [7, 11) is -15.0. The number of hydrogen-bond donors (Lipinski definition) is 7. The molecule has 7 N–H and O–H groups in total. The first-order valence-corrected chi connectivity index (χ1v) is 19.3. The lowest BCUT2D eigenvalue weighted by Crippen LogP contribution is -2.65. The number of halogens is 1. The van der Waals surface area contributed by atoms with Gasteiger partial charge in [-0.3, -0.25) is 9.32 Å². The van der Waals surface area contributed by atoms with Crippen molar-refractivity contribution in [2.45, 2.75) is 96.6 Å². The van der Waals surface area contributed by atoms with Crippen LogP contribution in [0.2, 0.25) is 0 Å². The summed E-state index contributed by atoms with van der Waals surface area (Å²) in [4.78, 5) is 67.9. The second-order valence-electron chi connectivity index (χ2n) is 13.6. The normalized spacial score (nSPS) is 41.8. The maximum Gasteiger partial charge on any atom is 0.472 e. The lowest BCUT2D eigenvalue weighted by atomic mass is 9.42. The van der Waals surface area contributed by atoms with Gasteiger partial charge in [0.15, 0.2) is 0 Å². The maximum absolute atomic E-state index is 17.2. The van der Waals surface area contributed by atoms with Crippen molar-refractivity contribution in [1.82, 2.24) is 0 Å². The quantitative estimate of drug-likeness (QED) is 0.0928. The van der Waals surface area contributed by atoms with E-state index in [1.165, 1.54) is 0 Å². The van der Waals surface area contributed by atoms with Crippen LogP contribution in [0.1, 0.15) is 78.6 Å². The molecule has 11 atom stereocenters. The van der Waals surface area contributed by atoms with Gasteiger partial charge < -0.3 is 39.2 Å². The van der Waals surface area contributed by atoms with Crippen LogP contribution in [0.15, 0.2) is 0 Å². The molecule has 44 heavy (non-hydrogen) atoms. The van der Waals surface area contributed by atoms with Crippen molar-refractivity contribution in [3.05, 3.63) is 0 Å². The SMILES string of the molecule is CC(CCC(=O)OCOP(=O)(O)O)C1CCC2C3C(CC(O)C12C)C1(C)CCC(OP(=O)(O)O)CC1CC3(F)OP(=O)(O)O. The van der Waals surface area contributed by atoms with Crippen LogP contribution in [0.25, 0.3) is 0 Å². The molecule has 4 saturated carbocycles. The molecule has 0 aromatic rings. The van der Waals surface area contributed by atoms with E-state index in [0.717, 1.165) is 0 Å². The average molecular weight is 697 g/mol. The van der Waals surface area contributed by atoms with Gasteiger partial charge in [-0.2, -0.15) is 0 Å². The van der Waals surface area contributed by atoms with E-state index in [-0.39, 0.29) is 37.5 Å². The number of aliphatic hydroxyl groups excluding tert-OH is 1. The third-order valence-electron chi connectivity index (χ3n) is 11.3. The summed E-state index contributed by atoms with van der Waals surface area (Å²) in [5, 5.41) is 11.8. The fourth-order valence-corrected chi connectivity index (χ4v) is 10.8. The molecule has 0 aromatic carbocycles. The summed E-state index contributed by atoms with van der Waals surface area (Å²) in [6.07, 6.45) is -0.186. The molecular formula is C25H44FO15P3. The second kappa shape index (κ2) is 12.6. The highest BCUT2D eigenvalue weighted by Gasteiger charge is 2.71. The number of aliphatic hydroxyl groups is 1. The van der Waals surface area contributed by atoms with Gasteiger partial charge in [0.25, 0.3) is 0 Å². The van der Waals surface area contributed by atoms with Crippen LogP contribution in [-0.2, 0) is 36.8 Å². The molecule has 0 aliphatic heterocycles. The van der Waals surface area contributed by atoms with Gasteiger partial charge in [0.2, 0.25) is 12.6 Å². The predicted molar refractivity (Wildman–Crippen MR) is 148 cm³/mol. The molecule has 0 heterocycles. The molecule has 15 nitrogen and oxygen atoms in total. The molecule has 0 bridgehead atoms. The minimum Gasteiger partial charge on any atom is -0.438 e. The van der Waals surface area contributed by atoms with Crippen molar-refractivity contribution in [2.24, 2.45) is 46.3 Å². The Bertz CT molecular complexity index is 1220. The summed E-state index contributed by atoms with van der Waals surface area (Å²) < 4.78 is 70.4. The fraction of sp³-hybridized carbons (Fsp3) is 0.960. The van der Waals surface area contributed by atoms with Gasteiger partial charge >= 0.3 is 29.4 Å². The van der Waals surface area contributed by atoms with Crippen molar-refractivity contribution >= 4 is 29.4 Å². The lowest BCUT2D eigenvalue weighted by molar-refractivity contribution is -0.277. The molecule has 0 radical (unpaired) electrons. The zero-order chi connectivity index (χ0) is 33.1. The molecular weight excluding hydrogens is 652 g/mol. The van der Waals surface area contributed by atoms with E-state index in [1.54, 1.807) is 0 Å². The lowest BCUT2D eigenvalue weighted by Gasteiger charge is -2.65. The number of carbonyl (C=O) groups excluding carboxylic acids is 1. The van der Waals surface area contributed by atoms with Gasteiger partial charge in [0.05, 0.1) is 12.2 Å². The Morgan fingerprint density at radius 1 is 0.955 bits per heavy atom. The van der Waals surface area contributed by atoms with Crippen molar-refractivity contribution in [1.29, 1.82) is 0 Å².